The molecule has 4 heteroatoms. The third-order valence-corrected chi connectivity index (χ3v) is 2.73. The van der Waals surface area contributed by atoms with Crippen molar-refractivity contribution in [2.75, 3.05) is 26.0 Å². The van der Waals surface area contributed by atoms with Gasteiger partial charge in [-0.2, -0.15) is 12.6 Å². The number of nitrogens with zero attached hydrogens (tertiary/aromatic N) is 1. The highest BCUT2D eigenvalue weighted by Crippen LogP contribution is 2.01. The number of benzene rings is 1. The van der Waals surface area contributed by atoms with Gasteiger partial charge in [0.2, 0.25) is 5.91 Å². The highest BCUT2D eigenvalue weighted by molar-refractivity contribution is 7.81. The molecule has 0 aliphatic carbocycles. The Balaban J connectivity index is 2.07. The van der Waals surface area contributed by atoms with Crippen LogP contribution in [0.15, 0.2) is 30.3 Å². The predicted molar refractivity (Wildman–Crippen MR) is 72.2 cm³/mol. The van der Waals surface area contributed by atoms with E-state index in [4.69, 9.17) is 4.74 Å². The third-order valence-electron chi connectivity index (χ3n) is 2.45. The number of hydrogen-bond donors (Lipinski definition) is 1. The third kappa shape index (κ3) is 5.75. The van der Waals surface area contributed by atoms with Gasteiger partial charge in [-0.3, -0.25) is 4.79 Å². The normalized spacial score (nSPS) is 10.2. The van der Waals surface area contributed by atoms with Crippen LogP contribution < -0.4 is 0 Å². The van der Waals surface area contributed by atoms with Crippen LogP contribution >= 0.6 is 12.6 Å². The van der Waals surface area contributed by atoms with Crippen LogP contribution in [-0.2, 0) is 16.1 Å². The molecule has 1 rings (SSSR count). The lowest BCUT2D eigenvalue weighted by Crippen LogP contribution is -2.29. The summed E-state index contributed by atoms with van der Waals surface area (Å²) in [5, 5.41) is 0. The number of rotatable bonds is 7. The van der Waals surface area contributed by atoms with E-state index >= 15 is 0 Å². The van der Waals surface area contributed by atoms with Gasteiger partial charge in [-0.15, -0.1) is 0 Å². The number of carbonyl (C=O) groups excluding carboxylic acids is 1. The van der Waals surface area contributed by atoms with Gasteiger partial charge >= 0.3 is 0 Å². The van der Waals surface area contributed by atoms with Crippen molar-refractivity contribution < 1.29 is 9.53 Å². The van der Waals surface area contributed by atoms with E-state index in [1.165, 1.54) is 5.56 Å². The molecular formula is C13H19NO2S. The topological polar surface area (TPSA) is 29.5 Å². The quantitative estimate of drug-likeness (QED) is 0.595. The highest BCUT2D eigenvalue weighted by Gasteiger charge is 2.04. The van der Waals surface area contributed by atoms with E-state index in [1.807, 2.05) is 30.3 Å². The Hall–Kier alpha value is -1.000. The van der Waals surface area contributed by atoms with Crippen molar-refractivity contribution >= 4 is 18.5 Å². The van der Waals surface area contributed by atoms with Crippen LogP contribution in [0.2, 0.25) is 0 Å². The second kappa shape index (κ2) is 8.14. The SMILES string of the molecule is CN(CCCOCc1ccccc1)C(=O)CS. The Kier molecular flexibility index (Phi) is 6.74. The van der Waals surface area contributed by atoms with Crippen molar-refractivity contribution in [3.63, 3.8) is 0 Å². The molecule has 0 fully saturated rings. The molecule has 0 aliphatic heterocycles. The molecule has 0 aliphatic rings. The summed E-state index contributed by atoms with van der Waals surface area (Å²) in [4.78, 5) is 12.9. The molecule has 0 spiro atoms. The molecule has 0 unspecified atom stereocenters. The number of carbonyl (C=O) groups is 1. The van der Waals surface area contributed by atoms with Gasteiger partial charge in [-0.05, 0) is 12.0 Å². The molecule has 1 aromatic rings. The van der Waals surface area contributed by atoms with Gasteiger partial charge in [0.1, 0.15) is 0 Å². The summed E-state index contributed by atoms with van der Waals surface area (Å²) in [6, 6.07) is 10.1. The van der Waals surface area contributed by atoms with E-state index in [0.717, 1.165) is 6.42 Å². The minimum atomic E-state index is 0.0522. The van der Waals surface area contributed by atoms with Crippen LogP contribution in [0, 0.1) is 0 Å². The molecule has 1 aromatic carbocycles. The van der Waals surface area contributed by atoms with Gasteiger partial charge in [-0.25, -0.2) is 0 Å². The zero-order chi connectivity index (χ0) is 12.5. The van der Waals surface area contributed by atoms with Crippen LogP contribution in [-0.4, -0.2) is 36.8 Å². The summed E-state index contributed by atoms with van der Waals surface area (Å²) >= 11 is 3.94. The molecule has 94 valence electrons. The van der Waals surface area contributed by atoms with Crippen LogP contribution in [0.3, 0.4) is 0 Å². The molecule has 0 heterocycles. The van der Waals surface area contributed by atoms with Crippen LogP contribution in [0.5, 0.6) is 0 Å². The predicted octanol–water partition coefficient (Wildman–Crippen LogP) is 1.98. The summed E-state index contributed by atoms with van der Waals surface area (Å²) in [5.41, 5.74) is 1.17. The summed E-state index contributed by atoms with van der Waals surface area (Å²) in [7, 11) is 1.79. The first kappa shape index (κ1) is 14.1. The Morgan fingerprint density at radius 3 is 2.71 bits per heavy atom. The lowest BCUT2D eigenvalue weighted by atomic mass is 10.2. The molecule has 0 saturated heterocycles. The summed E-state index contributed by atoms with van der Waals surface area (Å²) in [6.45, 7) is 2.01. The molecule has 0 atom stereocenters. The van der Waals surface area contributed by atoms with E-state index in [9.17, 15) is 4.79 Å². The second-order valence-corrected chi connectivity index (χ2v) is 4.18. The van der Waals surface area contributed by atoms with Crippen molar-refractivity contribution in [2.24, 2.45) is 0 Å². The zero-order valence-corrected chi connectivity index (χ0v) is 11.0. The first-order valence-electron chi connectivity index (χ1n) is 5.70. The Morgan fingerprint density at radius 1 is 1.35 bits per heavy atom. The van der Waals surface area contributed by atoms with Gasteiger partial charge in [0.05, 0.1) is 12.4 Å². The summed E-state index contributed by atoms with van der Waals surface area (Å²) in [5.74, 6) is 0.317. The average Bonchev–Trinajstić information content (AvgIpc) is 2.38. The van der Waals surface area contributed by atoms with E-state index in [-0.39, 0.29) is 11.7 Å². The fourth-order valence-corrected chi connectivity index (χ4v) is 1.65. The molecule has 0 saturated carbocycles. The number of amides is 1. The minimum Gasteiger partial charge on any atom is -0.377 e. The average molecular weight is 253 g/mol. The molecular weight excluding hydrogens is 234 g/mol. The molecule has 3 nitrogen and oxygen atoms in total. The molecule has 0 radical (unpaired) electrons. The van der Waals surface area contributed by atoms with Crippen LogP contribution in [0.1, 0.15) is 12.0 Å². The molecule has 0 N–H and O–H groups in total. The Morgan fingerprint density at radius 2 is 2.06 bits per heavy atom. The van der Waals surface area contributed by atoms with Crippen molar-refractivity contribution in [2.45, 2.75) is 13.0 Å². The maximum Gasteiger partial charge on any atom is 0.232 e. The summed E-state index contributed by atoms with van der Waals surface area (Å²) in [6.07, 6.45) is 0.850. The van der Waals surface area contributed by atoms with E-state index < -0.39 is 0 Å². The smallest absolute Gasteiger partial charge is 0.232 e. The van der Waals surface area contributed by atoms with Crippen molar-refractivity contribution in [3.05, 3.63) is 35.9 Å². The van der Waals surface area contributed by atoms with Crippen LogP contribution in [0.25, 0.3) is 0 Å². The molecule has 0 aromatic heterocycles. The maximum atomic E-state index is 11.2. The van der Waals surface area contributed by atoms with Gasteiger partial charge in [0.15, 0.2) is 0 Å². The number of thiol groups is 1. The van der Waals surface area contributed by atoms with Gasteiger partial charge in [-0.1, -0.05) is 30.3 Å². The van der Waals surface area contributed by atoms with Crippen molar-refractivity contribution in [1.29, 1.82) is 0 Å². The largest absolute Gasteiger partial charge is 0.377 e. The summed E-state index contributed by atoms with van der Waals surface area (Å²) < 4.78 is 5.53. The fraction of sp³-hybridized carbons (Fsp3) is 0.462. The van der Waals surface area contributed by atoms with E-state index in [2.05, 4.69) is 12.6 Å². The van der Waals surface area contributed by atoms with Crippen LogP contribution in [0.4, 0.5) is 0 Å². The Bertz CT molecular complexity index is 329. The fourth-order valence-electron chi connectivity index (χ4n) is 1.41. The minimum absolute atomic E-state index is 0.0522. The zero-order valence-electron chi connectivity index (χ0n) is 10.1. The molecule has 17 heavy (non-hydrogen) atoms. The first-order valence-corrected chi connectivity index (χ1v) is 6.33. The molecule has 1 amide bonds. The highest BCUT2D eigenvalue weighted by atomic mass is 32.1. The van der Waals surface area contributed by atoms with Gasteiger partial charge in [0.25, 0.3) is 0 Å². The van der Waals surface area contributed by atoms with Gasteiger partial charge < -0.3 is 9.64 Å². The lowest BCUT2D eigenvalue weighted by Gasteiger charge is -2.15. The number of ether oxygens (including phenoxy) is 1. The first-order chi connectivity index (χ1) is 8.24. The van der Waals surface area contributed by atoms with Crippen molar-refractivity contribution in [3.8, 4) is 0 Å². The van der Waals surface area contributed by atoms with E-state index in [1.54, 1.807) is 11.9 Å². The number of hydrogen-bond acceptors (Lipinski definition) is 3. The van der Waals surface area contributed by atoms with Crippen molar-refractivity contribution in [1.82, 2.24) is 4.90 Å². The van der Waals surface area contributed by atoms with E-state index in [0.29, 0.717) is 19.8 Å². The standard InChI is InChI=1S/C13H19NO2S/c1-14(13(15)11-17)8-5-9-16-10-12-6-3-2-4-7-12/h2-4,6-7,17H,5,8-11H2,1H3. The van der Waals surface area contributed by atoms with Gasteiger partial charge in [0, 0.05) is 20.2 Å². The maximum absolute atomic E-state index is 11.2. The lowest BCUT2D eigenvalue weighted by molar-refractivity contribution is -0.127. The monoisotopic (exact) mass is 253 g/mol. The molecule has 0 bridgehead atoms. The Labute approximate surface area is 108 Å². The second-order valence-electron chi connectivity index (χ2n) is 3.87.